The molecule has 3 aromatic rings. The van der Waals surface area contributed by atoms with Crippen molar-refractivity contribution in [3.63, 3.8) is 0 Å². The van der Waals surface area contributed by atoms with Crippen LogP contribution in [-0.2, 0) is 61.2 Å². The summed E-state index contributed by atoms with van der Waals surface area (Å²) in [6.07, 6.45) is 3.96. The van der Waals surface area contributed by atoms with Crippen molar-refractivity contribution in [2.75, 3.05) is 32.7 Å². The highest BCUT2D eigenvalue weighted by molar-refractivity contribution is 7.89. The molecule has 0 heterocycles. The molecule has 0 radical (unpaired) electrons. The topological polar surface area (TPSA) is 388 Å². The smallest absolute Gasteiger partial charge is 0.243 e. The van der Waals surface area contributed by atoms with E-state index in [4.69, 9.17) is 28.7 Å². The van der Waals surface area contributed by atoms with Crippen molar-refractivity contribution < 1.29 is 46.8 Å². The average molecular weight is 1230 g/mol. The van der Waals surface area contributed by atoms with E-state index < -0.39 is 112 Å². The molecule has 0 aliphatic carbocycles. The van der Waals surface area contributed by atoms with E-state index in [1.165, 1.54) is 12.1 Å². The Morgan fingerprint density at radius 1 is 0.448 bits per heavy atom. The van der Waals surface area contributed by atoms with E-state index in [1.54, 1.807) is 49.4 Å². The van der Waals surface area contributed by atoms with Gasteiger partial charge in [0.1, 0.15) is 36.3 Å². The Hall–Kier alpha value is -6.83. The maximum atomic E-state index is 14.6. The molecule has 24 heteroatoms. The van der Waals surface area contributed by atoms with Gasteiger partial charge in [-0.05, 0) is 157 Å². The Morgan fingerprint density at radius 2 is 0.782 bits per heavy atom. The number of sulfonamides is 1. The third kappa shape index (κ3) is 27.8. The molecule has 0 fully saturated rings. The van der Waals surface area contributed by atoms with E-state index in [0.29, 0.717) is 45.1 Å². The number of amides is 8. The minimum atomic E-state index is -4.32. The molecule has 0 unspecified atom stereocenters. The van der Waals surface area contributed by atoms with Gasteiger partial charge in [0.25, 0.3) is 0 Å². The number of primary amides is 1. The Labute approximate surface area is 515 Å². The SMILES string of the molecule is Cc1ccc(S(=O)(=O)N(CC(N)=O)C[C@H](Cc2ccccc2)NC(=O)[C@H](CCCCN)NC(=O)[C@H](CCCCN)NC(=O)[C@H](CC(C)C)NC(=O)[C@H](CC(C)C)NC(=O)[C@H](CCCCN)NC(=O)[C@H](CC(C)C)NC(=O)[C@@H](N)Cc2ccccc2)cc1. The summed E-state index contributed by atoms with van der Waals surface area (Å²) in [5.74, 6) is -5.83. The molecular formula is C63H101N13O10S. The second kappa shape index (κ2) is 39.1. The molecule has 3 aromatic carbocycles. The van der Waals surface area contributed by atoms with Gasteiger partial charge in [0.2, 0.25) is 57.3 Å². The van der Waals surface area contributed by atoms with Crippen LogP contribution in [0, 0.1) is 24.7 Å². The van der Waals surface area contributed by atoms with Crippen LogP contribution in [0.15, 0.2) is 89.8 Å². The Balaban J connectivity index is 1.93. The quantitative estimate of drug-likeness (QED) is 0.0362. The summed E-state index contributed by atoms with van der Waals surface area (Å²) in [5.41, 5.74) is 31.9. The van der Waals surface area contributed by atoms with Crippen molar-refractivity contribution >= 4 is 57.3 Å². The third-order valence-electron chi connectivity index (χ3n) is 14.5. The zero-order chi connectivity index (χ0) is 64.6. The first kappa shape index (κ1) is 74.4. The molecule has 0 saturated carbocycles. The van der Waals surface area contributed by atoms with Gasteiger partial charge in [-0.2, -0.15) is 4.31 Å². The molecule has 0 aromatic heterocycles. The molecule has 8 atom stereocenters. The number of aryl methyl sites for hydroxylation is 1. The lowest BCUT2D eigenvalue weighted by atomic mass is 9.98. The molecule has 87 heavy (non-hydrogen) atoms. The van der Waals surface area contributed by atoms with Gasteiger partial charge in [-0.3, -0.25) is 38.4 Å². The number of carbonyl (C=O) groups excluding carboxylic acids is 8. The summed E-state index contributed by atoms with van der Waals surface area (Å²) >= 11 is 0. The number of benzene rings is 3. The van der Waals surface area contributed by atoms with Crippen LogP contribution in [0.2, 0.25) is 0 Å². The van der Waals surface area contributed by atoms with Gasteiger partial charge in [0.05, 0.1) is 17.5 Å². The summed E-state index contributed by atoms with van der Waals surface area (Å²) in [6.45, 7) is 12.9. The van der Waals surface area contributed by atoms with E-state index >= 15 is 0 Å². The van der Waals surface area contributed by atoms with Crippen molar-refractivity contribution in [2.24, 2.45) is 46.4 Å². The monoisotopic (exact) mass is 1230 g/mol. The Kier molecular flexibility index (Phi) is 33.5. The second-order valence-electron chi connectivity index (χ2n) is 23.9. The predicted molar refractivity (Wildman–Crippen MR) is 338 cm³/mol. The van der Waals surface area contributed by atoms with E-state index in [1.807, 2.05) is 71.9 Å². The zero-order valence-corrected chi connectivity index (χ0v) is 53.0. The number of hydrogen-bond acceptors (Lipinski definition) is 14. The average Bonchev–Trinajstić information content (AvgIpc) is 2.48. The van der Waals surface area contributed by atoms with Crippen LogP contribution >= 0.6 is 0 Å². The molecule has 17 N–H and O–H groups in total. The first-order valence-electron chi connectivity index (χ1n) is 30.7. The summed E-state index contributed by atoms with van der Waals surface area (Å²) in [6, 6.07) is 15.4. The molecular weight excluding hydrogens is 1130 g/mol. The van der Waals surface area contributed by atoms with Crippen molar-refractivity contribution in [1.82, 2.24) is 41.5 Å². The van der Waals surface area contributed by atoms with E-state index in [-0.39, 0.29) is 93.7 Å². The number of nitrogens with two attached hydrogens (primary N) is 5. The second-order valence-corrected chi connectivity index (χ2v) is 25.8. The number of nitrogens with one attached hydrogen (secondary N) is 7. The lowest BCUT2D eigenvalue weighted by molar-refractivity contribution is -0.136. The molecule has 0 spiro atoms. The van der Waals surface area contributed by atoms with Crippen molar-refractivity contribution in [3.05, 3.63) is 102 Å². The lowest BCUT2D eigenvalue weighted by Crippen LogP contribution is -2.60. The molecule has 0 aliphatic rings. The molecule has 23 nitrogen and oxygen atoms in total. The number of hydrogen-bond donors (Lipinski definition) is 12. The highest BCUT2D eigenvalue weighted by atomic mass is 32.2. The molecule has 0 bridgehead atoms. The van der Waals surface area contributed by atoms with Gasteiger partial charge in [-0.25, -0.2) is 8.42 Å². The summed E-state index contributed by atoms with van der Waals surface area (Å²) in [5, 5.41) is 19.9. The van der Waals surface area contributed by atoms with Crippen molar-refractivity contribution in [2.45, 2.75) is 192 Å². The van der Waals surface area contributed by atoms with Crippen LogP contribution in [0.3, 0.4) is 0 Å². The molecule has 3 rings (SSSR count). The highest BCUT2D eigenvalue weighted by Gasteiger charge is 2.36. The minimum absolute atomic E-state index is 0.0402. The summed E-state index contributed by atoms with van der Waals surface area (Å²) < 4.78 is 29.1. The maximum Gasteiger partial charge on any atom is 0.243 e. The number of carbonyl (C=O) groups is 8. The fourth-order valence-electron chi connectivity index (χ4n) is 9.88. The fourth-order valence-corrected chi connectivity index (χ4v) is 11.3. The predicted octanol–water partition coefficient (Wildman–Crippen LogP) is 2.20. The maximum absolute atomic E-state index is 14.6. The fraction of sp³-hybridized carbons (Fsp3) is 0.587. The number of rotatable bonds is 42. The van der Waals surface area contributed by atoms with Crippen LogP contribution in [0.1, 0.15) is 135 Å². The van der Waals surface area contributed by atoms with Crippen LogP contribution in [0.25, 0.3) is 0 Å². The van der Waals surface area contributed by atoms with E-state index in [0.717, 1.165) is 21.0 Å². The third-order valence-corrected chi connectivity index (χ3v) is 16.3. The number of nitrogens with zero attached hydrogens (tertiary/aromatic N) is 1. The van der Waals surface area contributed by atoms with Crippen LogP contribution in [0.4, 0.5) is 0 Å². The minimum Gasteiger partial charge on any atom is -0.369 e. The van der Waals surface area contributed by atoms with Gasteiger partial charge in [-0.15, -0.1) is 0 Å². The Bertz CT molecular complexity index is 2720. The first-order valence-corrected chi connectivity index (χ1v) is 32.1. The first-order chi connectivity index (χ1) is 41.3. The zero-order valence-electron chi connectivity index (χ0n) is 52.2. The highest BCUT2D eigenvalue weighted by Crippen LogP contribution is 2.19. The normalized spacial score (nSPS) is 14.4. The van der Waals surface area contributed by atoms with Crippen LogP contribution in [-0.4, -0.2) is 141 Å². The largest absolute Gasteiger partial charge is 0.369 e. The number of unbranched alkanes of at least 4 members (excludes halogenated alkanes) is 3. The van der Waals surface area contributed by atoms with Gasteiger partial charge in [-0.1, -0.05) is 120 Å². The molecule has 484 valence electrons. The molecule has 0 aliphatic heterocycles. The van der Waals surface area contributed by atoms with E-state index in [9.17, 15) is 46.8 Å². The van der Waals surface area contributed by atoms with Crippen molar-refractivity contribution in [1.29, 1.82) is 0 Å². The molecule has 0 saturated heterocycles. The lowest BCUT2D eigenvalue weighted by Gasteiger charge is -2.30. The summed E-state index contributed by atoms with van der Waals surface area (Å²) in [7, 11) is -4.32. The van der Waals surface area contributed by atoms with Crippen molar-refractivity contribution in [3.8, 4) is 0 Å². The van der Waals surface area contributed by atoms with Gasteiger partial charge in [0.15, 0.2) is 0 Å². The Morgan fingerprint density at radius 3 is 1.14 bits per heavy atom. The van der Waals surface area contributed by atoms with E-state index in [2.05, 4.69) is 37.2 Å². The van der Waals surface area contributed by atoms with Crippen LogP contribution < -0.4 is 65.9 Å². The van der Waals surface area contributed by atoms with Gasteiger partial charge in [0, 0.05) is 12.6 Å². The summed E-state index contributed by atoms with van der Waals surface area (Å²) in [4.78, 5) is 113. The van der Waals surface area contributed by atoms with Gasteiger partial charge >= 0.3 is 0 Å². The van der Waals surface area contributed by atoms with Crippen LogP contribution in [0.5, 0.6) is 0 Å². The molecule has 8 amide bonds. The van der Waals surface area contributed by atoms with Gasteiger partial charge < -0.3 is 65.9 Å². The standard InChI is InChI=1S/C63H101N13O10S/c1-41(2)34-53(73-57(78)49(67)38-46-22-12-9-13-23-46)61(82)72-52(26-16-19-33-66)60(81)74-55(36-43(5)6)63(84)75-54(35-42(3)4)62(83)71-51(25-15-18-32-65)59(80)70-50(24-14-17-31-64)58(79)69-47(37-45-20-10-8-11-21-45)39-76(40-56(68)77)87(85,86)48-29-27-44(7)28-30-48/h8-13,20-23,27-30,41-43,47,49-55H,14-19,24-26,31-40,64-67H2,1-7H3,(H2,68,77)(H,69,79)(H,70,80)(H,71,83)(H,72,82)(H,73,78)(H,74,81)(H,75,84)/t47-,49-,50-,51-,52-,53-,54-,55-/m0/s1.